The number of hydrogen-bond acceptors (Lipinski definition) is 6. The smallest absolute Gasteiger partial charge is 0.312 e. The summed E-state index contributed by atoms with van der Waals surface area (Å²) in [5.41, 5.74) is 1.34. The molecule has 0 aromatic heterocycles. The number of anilines is 1. The number of aliphatic hydroxyl groups excluding tert-OH is 1. The highest BCUT2D eigenvalue weighted by atomic mass is 79.9. The summed E-state index contributed by atoms with van der Waals surface area (Å²) in [6.07, 6.45) is 3.58. The maximum absolute atomic E-state index is 14.5. The highest BCUT2D eigenvalue weighted by molar-refractivity contribution is 9.09. The van der Waals surface area contributed by atoms with Gasteiger partial charge in [-0.25, -0.2) is 0 Å². The van der Waals surface area contributed by atoms with Crippen LogP contribution < -0.4 is 4.90 Å². The summed E-state index contributed by atoms with van der Waals surface area (Å²) in [6.45, 7) is 13.1. The molecule has 7 atom stereocenters. The van der Waals surface area contributed by atoms with Crippen molar-refractivity contribution in [2.45, 2.75) is 62.2 Å². The predicted octanol–water partition coefficient (Wildman–Crippen LogP) is 3.07. The minimum absolute atomic E-state index is 0.158. The number of likely N-dealkylation sites (tertiary alicyclic amines) is 1. The Hall–Kier alpha value is -2.49. The van der Waals surface area contributed by atoms with Crippen molar-refractivity contribution in [3.8, 4) is 0 Å². The van der Waals surface area contributed by atoms with Gasteiger partial charge in [0.25, 0.3) is 5.91 Å². The van der Waals surface area contributed by atoms with Gasteiger partial charge in [0.2, 0.25) is 5.91 Å². The van der Waals surface area contributed by atoms with E-state index in [1.54, 1.807) is 24.0 Å². The summed E-state index contributed by atoms with van der Waals surface area (Å²) in [6, 6.07) is 4.11. The third-order valence-corrected chi connectivity index (χ3v) is 8.67. The molecule has 37 heavy (non-hydrogen) atoms. The number of hydrogen-bond donors (Lipinski definition) is 1. The van der Waals surface area contributed by atoms with E-state index in [4.69, 9.17) is 9.47 Å². The number of esters is 1. The van der Waals surface area contributed by atoms with Crippen molar-refractivity contribution in [2.24, 2.45) is 11.8 Å². The number of carbonyl (C=O) groups is 3. The molecule has 1 spiro atoms. The Labute approximate surface area is 226 Å². The van der Waals surface area contributed by atoms with E-state index in [2.05, 4.69) is 29.1 Å². The van der Waals surface area contributed by atoms with Crippen LogP contribution in [0, 0.1) is 25.7 Å². The lowest BCUT2D eigenvalue weighted by Gasteiger charge is -2.39. The normalized spacial score (nSPS) is 30.7. The second kappa shape index (κ2) is 10.7. The molecule has 2 amide bonds. The van der Waals surface area contributed by atoms with Crippen LogP contribution in [0.3, 0.4) is 0 Å². The lowest BCUT2D eigenvalue weighted by atomic mass is 9.70. The molecule has 0 saturated carbocycles. The second-order valence-corrected chi connectivity index (χ2v) is 11.3. The number of fused-ring (bicyclic) bond motifs is 1. The van der Waals surface area contributed by atoms with Crippen molar-refractivity contribution in [1.29, 1.82) is 0 Å². The zero-order chi connectivity index (χ0) is 27.1. The molecule has 3 aliphatic rings. The molecular weight excluding hydrogens is 540 g/mol. The van der Waals surface area contributed by atoms with E-state index in [-0.39, 0.29) is 36.4 Å². The first-order valence-electron chi connectivity index (χ1n) is 12.7. The first kappa shape index (κ1) is 27.5. The number of aliphatic hydroxyl groups is 1. The third kappa shape index (κ3) is 4.34. The van der Waals surface area contributed by atoms with Crippen LogP contribution in [-0.2, 0) is 23.9 Å². The minimum Gasteiger partial charge on any atom is -0.465 e. The van der Waals surface area contributed by atoms with Crippen LogP contribution >= 0.6 is 15.9 Å². The van der Waals surface area contributed by atoms with Crippen LogP contribution in [0.2, 0.25) is 0 Å². The largest absolute Gasteiger partial charge is 0.465 e. The van der Waals surface area contributed by atoms with Gasteiger partial charge in [0.15, 0.2) is 0 Å². The molecule has 0 radical (unpaired) electrons. The van der Waals surface area contributed by atoms with Gasteiger partial charge in [0, 0.05) is 17.1 Å². The maximum Gasteiger partial charge on any atom is 0.312 e. The molecule has 3 saturated heterocycles. The van der Waals surface area contributed by atoms with Crippen LogP contribution in [0.15, 0.2) is 43.5 Å². The molecular formula is C28H35BrN2O6. The van der Waals surface area contributed by atoms with E-state index in [1.165, 1.54) is 4.90 Å². The molecule has 8 nitrogen and oxygen atoms in total. The third-order valence-electron chi connectivity index (χ3n) is 7.83. The molecule has 1 aromatic rings. The first-order chi connectivity index (χ1) is 17.6. The molecule has 1 N–H and O–H groups in total. The number of amides is 2. The number of aryl methyl sites for hydroxylation is 2. The number of halogens is 1. The Morgan fingerprint density at radius 3 is 2.59 bits per heavy atom. The number of alkyl halides is 1. The summed E-state index contributed by atoms with van der Waals surface area (Å²) in [7, 11) is 0. The number of benzene rings is 1. The van der Waals surface area contributed by atoms with Crippen LogP contribution in [0.5, 0.6) is 0 Å². The van der Waals surface area contributed by atoms with E-state index in [9.17, 15) is 19.5 Å². The van der Waals surface area contributed by atoms with Crippen LogP contribution in [0.1, 0.15) is 30.9 Å². The first-order valence-corrected chi connectivity index (χ1v) is 13.6. The molecule has 9 heteroatoms. The predicted molar refractivity (Wildman–Crippen MR) is 143 cm³/mol. The lowest BCUT2D eigenvalue weighted by molar-refractivity contribution is -0.155. The zero-order valence-electron chi connectivity index (χ0n) is 21.6. The van der Waals surface area contributed by atoms with E-state index in [0.717, 1.165) is 16.8 Å². The summed E-state index contributed by atoms with van der Waals surface area (Å²) in [4.78, 5) is 44.6. The van der Waals surface area contributed by atoms with E-state index < -0.39 is 41.6 Å². The minimum atomic E-state index is -1.23. The summed E-state index contributed by atoms with van der Waals surface area (Å²) in [5, 5.41) is 10.1. The average Bonchev–Trinajstić information content (AvgIpc) is 3.46. The van der Waals surface area contributed by atoms with Crippen LogP contribution in [0.25, 0.3) is 0 Å². The molecule has 200 valence electrons. The number of ether oxygens (including phenoxy) is 2. The highest BCUT2D eigenvalue weighted by Crippen LogP contribution is 2.60. The van der Waals surface area contributed by atoms with Gasteiger partial charge in [-0.05, 0) is 44.7 Å². The van der Waals surface area contributed by atoms with Crippen LogP contribution in [-0.4, -0.2) is 76.2 Å². The molecule has 3 unspecified atom stereocenters. The van der Waals surface area contributed by atoms with Gasteiger partial charge in [-0.15, -0.1) is 13.2 Å². The average molecular weight is 576 g/mol. The van der Waals surface area contributed by atoms with Crippen molar-refractivity contribution in [3.63, 3.8) is 0 Å². The monoisotopic (exact) mass is 574 g/mol. The molecule has 3 fully saturated rings. The van der Waals surface area contributed by atoms with Gasteiger partial charge in [-0.1, -0.05) is 46.3 Å². The van der Waals surface area contributed by atoms with Gasteiger partial charge in [0.05, 0.1) is 37.2 Å². The summed E-state index contributed by atoms with van der Waals surface area (Å²) >= 11 is 3.65. The standard InChI is InChI=1S/C28H35BrN2O6/c1-6-8-13-36-27(35)20-21-25(33)31(18(5)15-32)24(28(21)14-19(29)23(20)37-28)26(34)30(12-7-2)22-16(3)10-9-11-17(22)4/h6-7,9-11,18-21,23-24,32H,1-2,8,12-15H2,3-5H3/t18-,19?,20-,21+,23-,24?,28?/m1/s1. The van der Waals surface area contributed by atoms with Crippen molar-refractivity contribution in [1.82, 2.24) is 4.90 Å². The summed E-state index contributed by atoms with van der Waals surface area (Å²) < 4.78 is 12.0. The Balaban J connectivity index is 1.81. The highest BCUT2D eigenvalue weighted by Gasteiger charge is 2.77. The number of rotatable bonds is 10. The number of carbonyl (C=O) groups excluding carboxylic acids is 3. The lowest BCUT2D eigenvalue weighted by Crippen LogP contribution is -2.59. The topological polar surface area (TPSA) is 96.4 Å². The van der Waals surface area contributed by atoms with Gasteiger partial charge in [-0.2, -0.15) is 0 Å². The molecule has 4 rings (SSSR count). The SMILES string of the molecule is C=CCCOC(=O)[C@H]1[C@@H]2OC3(CC2Br)C(C(=O)N(CC=C)c2c(C)cccc2C)N([C@H](C)CO)C(=O)[C@H]13. The van der Waals surface area contributed by atoms with Gasteiger partial charge < -0.3 is 24.4 Å². The Morgan fingerprint density at radius 2 is 2.00 bits per heavy atom. The van der Waals surface area contributed by atoms with Crippen molar-refractivity contribution in [2.75, 3.05) is 24.7 Å². The van der Waals surface area contributed by atoms with Crippen LogP contribution in [0.4, 0.5) is 5.69 Å². The second-order valence-electron chi connectivity index (χ2n) is 10.2. The fourth-order valence-corrected chi connectivity index (χ4v) is 7.26. The Morgan fingerprint density at radius 1 is 1.32 bits per heavy atom. The molecule has 0 aliphatic carbocycles. The fraction of sp³-hybridized carbons (Fsp3) is 0.536. The Kier molecular flexibility index (Phi) is 7.97. The van der Waals surface area contributed by atoms with Crippen molar-refractivity contribution in [3.05, 3.63) is 54.6 Å². The van der Waals surface area contributed by atoms with Crippen molar-refractivity contribution < 1.29 is 29.0 Å². The Bertz CT molecular complexity index is 1090. The quantitative estimate of drug-likeness (QED) is 0.200. The van der Waals surface area contributed by atoms with Gasteiger partial charge >= 0.3 is 5.97 Å². The van der Waals surface area contributed by atoms with E-state index in [1.807, 2.05) is 32.0 Å². The molecule has 1 aromatic carbocycles. The molecule has 3 aliphatic heterocycles. The van der Waals surface area contributed by atoms with Crippen molar-refractivity contribution >= 4 is 39.4 Å². The maximum atomic E-state index is 14.5. The number of para-hydroxylation sites is 1. The van der Waals surface area contributed by atoms with E-state index >= 15 is 0 Å². The number of nitrogens with zero attached hydrogens (tertiary/aromatic N) is 2. The molecule has 2 bridgehead atoms. The zero-order valence-corrected chi connectivity index (χ0v) is 23.1. The van der Waals surface area contributed by atoms with E-state index in [0.29, 0.717) is 12.8 Å². The fourth-order valence-electron chi connectivity index (χ4n) is 6.32. The van der Waals surface area contributed by atoms with Gasteiger partial charge in [-0.3, -0.25) is 14.4 Å². The van der Waals surface area contributed by atoms with Gasteiger partial charge in [0.1, 0.15) is 11.6 Å². The summed E-state index contributed by atoms with van der Waals surface area (Å²) in [5.74, 6) is -2.94. The molecule has 3 heterocycles.